The first-order chi connectivity index (χ1) is 6.49. The van der Waals surface area contributed by atoms with E-state index in [2.05, 4.69) is 20.8 Å². The summed E-state index contributed by atoms with van der Waals surface area (Å²) in [5.41, 5.74) is 0.0140. The Labute approximate surface area is 88.3 Å². The number of Topliss-reactive ketones (excluding diaryl/α,β-unsaturated/α-hetero) is 1. The second-order valence-electron chi connectivity index (χ2n) is 5.42. The molecule has 0 aliphatic heterocycles. The predicted molar refractivity (Wildman–Crippen MR) is 60.2 cm³/mol. The molecule has 1 saturated carbocycles. The Hall–Kier alpha value is -0.330. The lowest BCUT2D eigenvalue weighted by Crippen LogP contribution is -2.33. The highest BCUT2D eigenvalue weighted by Crippen LogP contribution is 2.42. The number of rotatable bonds is 3. The van der Waals surface area contributed by atoms with Crippen LogP contribution in [0.1, 0.15) is 59.8 Å². The minimum Gasteiger partial charge on any atom is -0.299 e. The molecule has 0 aromatic heterocycles. The zero-order valence-electron chi connectivity index (χ0n) is 10.1. The van der Waals surface area contributed by atoms with Crippen molar-refractivity contribution in [3.8, 4) is 0 Å². The fraction of sp³-hybridized carbons (Fsp3) is 0.923. The van der Waals surface area contributed by atoms with E-state index in [0.29, 0.717) is 12.2 Å². The Bertz CT molecular complexity index is 197. The van der Waals surface area contributed by atoms with E-state index in [-0.39, 0.29) is 5.41 Å². The van der Waals surface area contributed by atoms with Crippen molar-refractivity contribution in [3.05, 3.63) is 0 Å². The standard InChI is InChI=1S/C13H24O/c1-5-12(14)13(4)8-6-11(7-9-13)10(2)3/h10-11H,5-9H2,1-4H3. The van der Waals surface area contributed by atoms with Gasteiger partial charge in [-0.1, -0.05) is 27.7 Å². The van der Waals surface area contributed by atoms with Gasteiger partial charge in [0, 0.05) is 11.8 Å². The molecule has 0 aromatic rings. The van der Waals surface area contributed by atoms with Crippen LogP contribution in [-0.2, 0) is 4.79 Å². The molecular weight excluding hydrogens is 172 g/mol. The van der Waals surface area contributed by atoms with Crippen LogP contribution in [0, 0.1) is 17.3 Å². The molecule has 0 N–H and O–H groups in total. The second kappa shape index (κ2) is 4.46. The average molecular weight is 196 g/mol. The fourth-order valence-electron chi connectivity index (χ4n) is 2.65. The Morgan fingerprint density at radius 1 is 1.36 bits per heavy atom. The van der Waals surface area contributed by atoms with Gasteiger partial charge < -0.3 is 0 Å². The van der Waals surface area contributed by atoms with Gasteiger partial charge in [-0.15, -0.1) is 0 Å². The lowest BCUT2D eigenvalue weighted by Gasteiger charge is -2.37. The summed E-state index contributed by atoms with van der Waals surface area (Å²) in [5.74, 6) is 2.11. The van der Waals surface area contributed by atoms with Gasteiger partial charge in [-0.3, -0.25) is 4.79 Å². The maximum atomic E-state index is 11.8. The Morgan fingerprint density at radius 3 is 2.21 bits per heavy atom. The molecule has 1 fully saturated rings. The summed E-state index contributed by atoms with van der Waals surface area (Å²) in [7, 11) is 0. The fourth-order valence-corrected chi connectivity index (χ4v) is 2.65. The molecule has 82 valence electrons. The van der Waals surface area contributed by atoms with Crippen molar-refractivity contribution < 1.29 is 4.79 Å². The highest BCUT2D eigenvalue weighted by molar-refractivity contribution is 5.84. The number of hydrogen-bond donors (Lipinski definition) is 0. The van der Waals surface area contributed by atoms with Gasteiger partial charge in [-0.05, 0) is 37.5 Å². The zero-order valence-corrected chi connectivity index (χ0v) is 10.1. The third-order valence-electron chi connectivity index (χ3n) is 4.07. The summed E-state index contributed by atoms with van der Waals surface area (Å²) < 4.78 is 0. The summed E-state index contributed by atoms with van der Waals surface area (Å²) >= 11 is 0. The van der Waals surface area contributed by atoms with Crippen LogP contribution in [0.15, 0.2) is 0 Å². The molecule has 1 nitrogen and oxygen atoms in total. The number of carbonyl (C=O) groups is 1. The molecule has 1 aliphatic rings. The van der Waals surface area contributed by atoms with Crippen molar-refractivity contribution in [1.29, 1.82) is 0 Å². The molecule has 0 heterocycles. The SMILES string of the molecule is CCC(=O)C1(C)CCC(C(C)C)CC1. The smallest absolute Gasteiger partial charge is 0.138 e. The molecule has 0 saturated heterocycles. The average Bonchev–Trinajstić information content (AvgIpc) is 2.17. The van der Waals surface area contributed by atoms with Crippen LogP contribution in [0.2, 0.25) is 0 Å². The summed E-state index contributed by atoms with van der Waals surface area (Å²) in [5, 5.41) is 0. The Morgan fingerprint density at radius 2 is 1.86 bits per heavy atom. The first-order valence-electron chi connectivity index (χ1n) is 6.03. The Kier molecular flexibility index (Phi) is 3.74. The number of hydrogen-bond acceptors (Lipinski definition) is 1. The van der Waals surface area contributed by atoms with Gasteiger partial charge in [0.05, 0.1) is 0 Å². The summed E-state index contributed by atoms with van der Waals surface area (Å²) in [4.78, 5) is 11.8. The third kappa shape index (κ3) is 2.37. The molecular formula is C13H24O. The van der Waals surface area contributed by atoms with Crippen LogP contribution < -0.4 is 0 Å². The van der Waals surface area contributed by atoms with Crippen LogP contribution in [0.25, 0.3) is 0 Å². The van der Waals surface area contributed by atoms with Gasteiger partial charge in [0.25, 0.3) is 0 Å². The molecule has 1 rings (SSSR count). The molecule has 0 bridgehead atoms. The molecule has 0 unspecified atom stereocenters. The molecule has 0 atom stereocenters. The van der Waals surface area contributed by atoms with Gasteiger partial charge in [0.1, 0.15) is 5.78 Å². The van der Waals surface area contributed by atoms with Crippen LogP contribution in [-0.4, -0.2) is 5.78 Å². The van der Waals surface area contributed by atoms with E-state index in [1.165, 1.54) is 12.8 Å². The van der Waals surface area contributed by atoms with E-state index in [0.717, 1.165) is 24.7 Å². The van der Waals surface area contributed by atoms with Gasteiger partial charge in [0.15, 0.2) is 0 Å². The zero-order chi connectivity index (χ0) is 10.8. The van der Waals surface area contributed by atoms with E-state index in [1.807, 2.05) is 6.92 Å². The monoisotopic (exact) mass is 196 g/mol. The quantitative estimate of drug-likeness (QED) is 0.670. The van der Waals surface area contributed by atoms with Gasteiger partial charge in [-0.2, -0.15) is 0 Å². The van der Waals surface area contributed by atoms with Crippen molar-refractivity contribution >= 4 is 5.78 Å². The first kappa shape index (κ1) is 11.7. The molecule has 0 amide bonds. The van der Waals surface area contributed by atoms with Gasteiger partial charge in [-0.25, -0.2) is 0 Å². The van der Waals surface area contributed by atoms with Crippen molar-refractivity contribution in [2.75, 3.05) is 0 Å². The molecule has 0 radical (unpaired) electrons. The summed E-state index contributed by atoms with van der Waals surface area (Å²) in [6, 6.07) is 0. The topological polar surface area (TPSA) is 17.1 Å². The van der Waals surface area contributed by atoms with Crippen molar-refractivity contribution in [1.82, 2.24) is 0 Å². The third-order valence-corrected chi connectivity index (χ3v) is 4.07. The normalized spacial score (nSPS) is 33.4. The Balaban J connectivity index is 2.53. The van der Waals surface area contributed by atoms with Crippen LogP contribution >= 0.6 is 0 Å². The van der Waals surface area contributed by atoms with E-state index in [4.69, 9.17) is 0 Å². The highest BCUT2D eigenvalue weighted by atomic mass is 16.1. The van der Waals surface area contributed by atoms with E-state index < -0.39 is 0 Å². The van der Waals surface area contributed by atoms with Gasteiger partial charge in [0.2, 0.25) is 0 Å². The van der Waals surface area contributed by atoms with E-state index in [9.17, 15) is 4.79 Å². The van der Waals surface area contributed by atoms with Crippen LogP contribution in [0.5, 0.6) is 0 Å². The van der Waals surface area contributed by atoms with E-state index in [1.54, 1.807) is 0 Å². The molecule has 0 spiro atoms. The summed E-state index contributed by atoms with van der Waals surface area (Å²) in [6.07, 6.45) is 5.44. The highest BCUT2D eigenvalue weighted by Gasteiger charge is 2.36. The minimum absolute atomic E-state index is 0.0140. The van der Waals surface area contributed by atoms with Gasteiger partial charge >= 0.3 is 0 Å². The van der Waals surface area contributed by atoms with E-state index >= 15 is 0 Å². The lowest BCUT2D eigenvalue weighted by molar-refractivity contribution is -0.130. The lowest BCUT2D eigenvalue weighted by atomic mass is 9.67. The van der Waals surface area contributed by atoms with Crippen molar-refractivity contribution in [2.24, 2.45) is 17.3 Å². The second-order valence-corrected chi connectivity index (χ2v) is 5.42. The minimum atomic E-state index is 0.0140. The van der Waals surface area contributed by atoms with Crippen LogP contribution in [0.4, 0.5) is 0 Å². The summed E-state index contributed by atoms with van der Waals surface area (Å²) in [6.45, 7) is 8.75. The largest absolute Gasteiger partial charge is 0.299 e. The molecule has 0 aromatic carbocycles. The maximum Gasteiger partial charge on any atom is 0.138 e. The molecule has 1 aliphatic carbocycles. The molecule has 1 heteroatoms. The predicted octanol–water partition coefficient (Wildman–Crippen LogP) is 3.82. The van der Waals surface area contributed by atoms with Crippen molar-refractivity contribution in [3.63, 3.8) is 0 Å². The number of ketones is 1. The van der Waals surface area contributed by atoms with Crippen LogP contribution in [0.3, 0.4) is 0 Å². The first-order valence-corrected chi connectivity index (χ1v) is 6.03. The molecule has 14 heavy (non-hydrogen) atoms. The van der Waals surface area contributed by atoms with Crippen molar-refractivity contribution in [2.45, 2.75) is 59.8 Å². The maximum absolute atomic E-state index is 11.8. The number of carbonyl (C=O) groups excluding carboxylic acids is 1.